The summed E-state index contributed by atoms with van der Waals surface area (Å²) in [5, 5.41) is 0.477. The Hall–Kier alpha value is -3.16. The summed E-state index contributed by atoms with van der Waals surface area (Å²) in [6.07, 6.45) is -4.18. The van der Waals surface area contributed by atoms with Crippen molar-refractivity contribution in [2.75, 3.05) is 12.4 Å². The maximum atomic E-state index is 12.9. The number of hydrogen-bond donors (Lipinski definition) is 3. The van der Waals surface area contributed by atoms with E-state index in [1.54, 1.807) is 0 Å². The molecule has 0 radical (unpaired) electrons. The van der Waals surface area contributed by atoms with Gasteiger partial charge in [0.15, 0.2) is 5.03 Å². The first-order chi connectivity index (χ1) is 12.0. The van der Waals surface area contributed by atoms with E-state index in [-0.39, 0.29) is 5.88 Å². The predicted molar refractivity (Wildman–Crippen MR) is 80.0 cm³/mol. The van der Waals surface area contributed by atoms with Crippen molar-refractivity contribution in [2.45, 2.75) is 11.2 Å². The number of hydrogen-bond acceptors (Lipinski definition) is 7. The number of anilines is 1. The SMILES string of the molecule is COc1cc(=O)[nH]c(NC(=O)NS(=O)(=O)c2ncccc2C(F)(F)F)n1. The standard InChI is InChI=1S/C12H10F3N5O5S/c1-25-8-5-7(21)17-10(18-8)19-11(22)20-26(23,24)9-6(12(13,14)15)3-2-4-16-9/h2-5H,1H3,(H3,17,18,19,20,21,22). The molecule has 0 bridgehead atoms. The van der Waals surface area contributed by atoms with Crippen LogP contribution in [-0.4, -0.2) is 36.5 Å². The lowest BCUT2D eigenvalue weighted by Gasteiger charge is -2.12. The molecule has 3 N–H and O–H groups in total. The Bertz CT molecular complexity index is 989. The molecule has 14 heteroatoms. The number of amides is 2. The van der Waals surface area contributed by atoms with E-state index < -0.39 is 44.3 Å². The van der Waals surface area contributed by atoms with Gasteiger partial charge in [0.2, 0.25) is 11.8 Å². The molecule has 0 saturated carbocycles. The summed E-state index contributed by atoms with van der Waals surface area (Å²) in [7, 11) is -3.77. The number of ether oxygens (including phenoxy) is 1. The minimum Gasteiger partial charge on any atom is -0.481 e. The van der Waals surface area contributed by atoms with E-state index in [0.717, 1.165) is 18.3 Å². The Morgan fingerprint density at radius 1 is 1.35 bits per heavy atom. The molecule has 2 aromatic rings. The Kier molecular flexibility index (Phi) is 5.15. The van der Waals surface area contributed by atoms with Crippen molar-refractivity contribution in [1.82, 2.24) is 19.7 Å². The van der Waals surface area contributed by atoms with Crippen LogP contribution in [0, 0.1) is 0 Å². The van der Waals surface area contributed by atoms with E-state index in [0.29, 0.717) is 6.07 Å². The number of pyridine rings is 1. The first-order valence-electron chi connectivity index (χ1n) is 6.54. The fraction of sp³-hybridized carbons (Fsp3) is 0.167. The Balaban J connectivity index is 2.27. The number of H-pyrrole nitrogens is 1. The van der Waals surface area contributed by atoms with Crippen LogP contribution in [0.5, 0.6) is 5.88 Å². The van der Waals surface area contributed by atoms with Gasteiger partial charge < -0.3 is 4.74 Å². The number of urea groups is 1. The third-order valence-electron chi connectivity index (χ3n) is 2.72. The number of sulfonamides is 1. The second-order valence-corrected chi connectivity index (χ2v) is 6.15. The first kappa shape index (κ1) is 19.2. The van der Waals surface area contributed by atoms with Gasteiger partial charge in [-0.25, -0.2) is 14.5 Å². The zero-order chi connectivity index (χ0) is 19.5. The molecule has 140 valence electrons. The highest BCUT2D eigenvalue weighted by Crippen LogP contribution is 2.32. The summed E-state index contributed by atoms with van der Waals surface area (Å²) < 4.78 is 68.8. The van der Waals surface area contributed by atoms with Crippen LogP contribution in [0.25, 0.3) is 0 Å². The molecule has 0 aliphatic carbocycles. The number of nitrogens with zero attached hydrogens (tertiary/aromatic N) is 2. The minimum atomic E-state index is -5.01. The summed E-state index contributed by atoms with van der Waals surface area (Å²) in [5.41, 5.74) is -2.27. The van der Waals surface area contributed by atoms with Crippen LogP contribution in [-0.2, 0) is 16.2 Å². The quantitative estimate of drug-likeness (QED) is 0.694. The number of carbonyl (C=O) groups is 1. The highest BCUT2D eigenvalue weighted by atomic mass is 32.2. The van der Waals surface area contributed by atoms with Gasteiger partial charge in [0.25, 0.3) is 15.6 Å². The molecule has 0 aromatic carbocycles. The molecular weight excluding hydrogens is 383 g/mol. The monoisotopic (exact) mass is 393 g/mol. The normalized spacial score (nSPS) is 11.7. The lowest BCUT2D eigenvalue weighted by atomic mass is 10.3. The van der Waals surface area contributed by atoms with Crippen molar-refractivity contribution < 1.29 is 31.1 Å². The van der Waals surface area contributed by atoms with Crippen LogP contribution >= 0.6 is 0 Å². The molecule has 0 unspecified atom stereocenters. The molecule has 0 aliphatic rings. The van der Waals surface area contributed by atoms with E-state index >= 15 is 0 Å². The van der Waals surface area contributed by atoms with Crippen molar-refractivity contribution in [2.24, 2.45) is 0 Å². The molecule has 2 rings (SSSR count). The number of aromatic amines is 1. The summed E-state index contributed by atoms with van der Waals surface area (Å²) >= 11 is 0. The largest absolute Gasteiger partial charge is 0.481 e. The second-order valence-electron chi connectivity index (χ2n) is 4.55. The molecule has 2 heterocycles. The van der Waals surface area contributed by atoms with Gasteiger partial charge in [-0.2, -0.15) is 26.6 Å². The third-order valence-corrected chi connectivity index (χ3v) is 4.01. The predicted octanol–water partition coefficient (Wildman–Crippen LogP) is 0.703. The van der Waals surface area contributed by atoms with Crippen LogP contribution in [0.2, 0.25) is 0 Å². The van der Waals surface area contributed by atoms with Gasteiger partial charge in [0.1, 0.15) is 0 Å². The van der Waals surface area contributed by atoms with Crippen LogP contribution in [0.15, 0.2) is 34.2 Å². The number of nitrogens with one attached hydrogen (secondary N) is 3. The van der Waals surface area contributed by atoms with Crippen LogP contribution < -0.4 is 20.3 Å². The van der Waals surface area contributed by atoms with Crippen molar-refractivity contribution >= 4 is 22.0 Å². The topological polar surface area (TPSA) is 143 Å². The Morgan fingerprint density at radius 3 is 2.65 bits per heavy atom. The van der Waals surface area contributed by atoms with Crippen molar-refractivity contribution in [3.8, 4) is 5.88 Å². The number of halogens is 3. The van der Waals surface area contributed by atoms with E-state index in [1.165, 1.54) is 11.8 Å². The second kappa shape index (κ2) is 6.99. The van der Waals surface area contributed by atoms with Gasteiger partial charge in [0.05, 0.1) is 18.7 Å². The van der Waals surface area contributed by atoms with Gasteiger partial charge >= 0.3 is 12.2 Å². The van der Waals surface area contributed by atoms with Crippen LogP contribution in [0.4, 0.5) is 23.9 Å². The van der Waals surface area contributed by atoms with Crippen molar-refractivity contribution in [1.29, 1.82) is 0 Å². The number of methoxy groups -OCH3 is 1. The Labute approximate surface area is 143 Å². The third kappa shape index (κ3) is 4.47. The molecule has 0 spiro atoms. The molecule has 0 aliphatic heterocycles. The fourth-order valence-electron chi connectivity index (χ4n) is 1.72. The van der Waals surface area contributed by atoms with Gasteiger partial charge in [-0.15, -0.1) is 0 Å². The molecular formula is C12H10F3N5O5S. The van der Waals surface area contributed by atoms with Crippen LogP contribution in [0.1, 0.15) is 5.56 Å². The van der Waals surface area contributed by atoms with Gasteiger partial charge in [-0.05, 0) is 12.1 Å². The van der Waals surface area contributed by atoms with E-state index in [4.69, 9.17) is 0 Å². The first-order valence-corrected chi connectivity index (χ1v) is 8.02. The zero-order valence-electron chi connectivity index (χ0n) is 12.8. The molecule has 2 aromatic heterocycles. The average molecular weight is 393 g/mol. The Morgan fingerprint density at radius 2 is 2.04 bits per heavy atom. The summed E-state index contributed by atoms with van der Waals surface area (Å²) in [6.45, 7) is 0. The lowest BCUT2D eigenvalue weighted by Crippen LogP contribution is -2.36. The molecule has 0 fully saturated rings. The van der Waals surface area contributed by atoms with E-state index in [1.807, 2.05) is 5.32 Å². The lowest BCUT2D eigenvalue weighted by molar-refractivity contribution is -0.140. The highest BCUT2D eigenvalue weighted by molar-refractivity contribution is 7.90. The van der Waals surface area contributed by atoms with E-state index in [2.05, 4.69) is 19.7 Å². The average Bonchev–Trinajstić information content (AvgIpc) is 2.52. The number of aromatic nitrogens is 3. The fourth-order valence-corrected chi connectivity index (χ4v) is 2.79. The van der Waals surface area contributed by atoms with Gasteiger partial charge in [-0.3, -0.25) is 15.1 Å². The summed E-state index contributed by atoms with van der Waals surface area (Å²) in [6, 6.07) is 0.872. The van der Waals surface area contributed by atoms with Crippen molar-refractivity contribution in [3.63, 3.8) is 0 Å². The van der Waals surface area contributed by atoms with Gasteiger partial charge in [-0.1, -0.05) is 0 Å². The maximum absolute atomic E-state index is 12.9. The molecule has 10 nitrogen and oxygen atoms in total. The van der Waals surface area contributed by atoms with Crippen LogP contribution in [0.3, 0.4) is 0 Å². The van der Waals surface area contributed by atoms with Gasteiger partial charge in [0, 0.05) is 6.20 Å². The summed E-state index contributed by atoms with van der Waals surface area (Å²) in [5.74, 6) is -0.671. The number of carbonyl (C=O) groups excluding carboxylic acids is 1. The van der Waals surface area contributed by atoms with E-state index in [9.17, 15) is 31.2 Å². The summed E-state index contributed by atoms with van der Waals surface area (Å²) in [4.78, 5) is 31.9. The molecule has 26 heavy (non-hydrogen) atoms. The molecule has 2 amide bonds. The number of alkyl halides is 3. The molecule has 0 atom stereocenters. The van der Waals surface area contributed by atoms with Crippen molar-refractivity contribution in [3.05, 3.63) is 40.3 Å². The smallest absolute Gasteiger partial charge is 0.419 e. The highest BCUT2D eigenvalue weighted by Gasteiger charge is 2.38. The minimum absolute atomic E-state index is 0.184. The molecule has 0 saturated heterocycles. The number of rotatable bonds is 4. The zero-order valence-corrected chi connectivity index (χ0v) is 13.6. The maximum Gasteiger partial charge on any atom is 0.419 e.